The topological polar surface area (TPSA) is 58.9 Å². The van der Waals surface area contributed by atoms with E-state index in [-0.39, 0.29) is 17.5 Å². The van der Waals surface area contributed by atoms with Crippen LogP contribution in [-0.2, 0) is 9.53 Å². The van der Waals surface area contributed by atoms with Gasteiger partial charge in [-0.2, -0.15) is 0 Å². The first-order valence-corrected chi connectivity index (χ1v) is 10.3. The molecule has 4 fully saturated rings. The summed E-state index contributed by atoms with van der Waals surface area (Å²) in [6.07, 6.45) is 10.6. The first-order chi connectivity index (χ1) is 11.9. The summed E-state index contributed by atoms with van der Waals surface area (Å²) in [7, 11) is 0. The molecular formula is C21H33NO3. The molecule has 0 heterocycles. The maximum atomic E-state index is 11.3. The van der Waals surface area contributed by atoms with E-state index in [0.29, 0.717) is 17.3 Å². The highest BCUT2D eigenvalue weighted by atomic mass is 16.5. The van der Waals surface area contributed by atoms with E-state index in [9.17, 15) is 10.0 Å². The maximum Gasteiger partial charge on any atom is 0.302 e. The molecule has 4 nitrogen and oxygen atoms in total. The van der Waals surface area contributed by atoms with Crippen LogP contribution in [0.15, 0.2) is 5.16 Å². The molecule has 0 aliphatic heterocycles. The Morgan fingerprint density at radius 3 is 2.64 bits per heavy atom. The van der Waals surface area contributed by atoms with Gasteiger partial charge in [0.1, 0.15) is 6.10 Å². The van der Waals surface area contributed by atoms with Crippen LogP contribution in [0.4, 0.5) is 0 Å². The smallest absolute Gasteiger partial charge is 0.302 e. The van der Waals surface area contributed by atoms with Gasteiger partial charge in [0, 0.05) is 12.3 Å². The highest BCUT2D eigenvalue weighted by molar-refractivity contribution is 5.91. The summed E-state index contributed by atoms with van der Waals surface area (Å²) < 4.78 is 5.55. The molecular weight excluding hydrogens is 314 g/mol. The molecule has 4 heteroatoms. The van der Waals surface area contributed by atoms with Gasteiger partial charge in [0.25, 0.3) is 0 Å². The highest BCUT2D eigenvalue weighted by Crippen LogP contribution is 2.65. The molecule has 0 bridgehead atoms. The summed E-state index contributed by atoms with van der Waals surface area (Å²) in [5.41, 5.74) is 1.59. The third-order valence-electron chi connectivity index (χ3n) is 8.81. The van der Waals surface area contributed by atoms with Crippen molar-refractivity contribution in [1.29, 1.82) is 0 Å². The van der Waals surface area contributed by atoms with E-state index in [1.807, 2.05) is 0 Å². The molecule has 140 valence electrons. The van der Waals surface area contributed by atoms with Gasteiger partial charge in [-0.1, -0.05) is 19.0 Å². The molecule has 7 atom stereocenters. The molecule has 25 heavy (non-hydrogen) atoms. The molecule has 4 aliphatic carbocycles. The first-order valence-electron chi connectivity index (χ1n) is 10.3. The molecule has 0 radical (unpaired) electrons. The van der Waals surface area contributed by atoms with E-state index in [1.54, 1.807) is 0 Å². The number of ether oxygens (including phenoxy) is 1. The van der Waals surface area contributed by atoms with Gasteiger partial charge >= 0.3 is 5.97 Å². The lowest BCUT2D eigenvalue weighted by atomic mass is 9.45. The summed E-state index contributed by atoms with van der Waals surface area (Å²) in [5.74, 6) is 2.84. The number of hydrogen-bond acceptors (Lipinski definition) is 4. The molecule has 4 rings (SSSR count). The van der Waals surface area contributed by atoms with Gasteiger partial charge in [-0.3, -0.25) is 4.79 Å². The Morgan fingerprint density at radius 2 is 1.92 bits per heavy atom. The standard InChI is InChI=1S/C21H33NO3/c1-13(23)25-15-8-10-20(2)14(12-15)4-5-16-17-6-7-19(22-24)21(17,3)11-9-18(16)20/h14-18,24H,4-12H2,1-3H3/b22-19+/t14-,15+,16+,17+,18+,20-,21-/m0/s1. The van der Waals surface area contributed by atoms with Crippen LogP contribution in [0.25, 0.3) is 0 Å². The number of rotatable bonds is 1. The second-order valence-electron chi connectivity index (χ2n) is 9.70. The third kappa shape index (κ3) is 2.54. The molecule has 0 spiro atoms. The molecule has 1 N–H and O–H groups in total. The Labute approximate surface area is 151 Å². The first kappa shape index (κ1) is 17.4. The van der Waals surface area contributed by atoms with Crippen molar-refractivity contribution in [3.8, 4) is 0 Å². The van der Waals surface area contributed by atoms with Crippen molar-refractivity contribution in [3.05, 3.63) is 0 Å². The van der Waals surface area contributed by atoms with Crippen LogP contribution in [0.5, 0.6) is 0 Å². The fraction of sp³-hybridized carbons (Fsp3) is 0.905. The monoisotopic (exact) mass is 347 g/mol. The van der Waals surface area contributed by atoms with E-state index in [1.165, 1.54) is 45.4 Å². The van der Waals surface area contributed by atoms with Crippen molar-refractivity contribution in [2.75, 3.05) is 0 Å². The van der Waals surface area contributed by atoms with E-state index in [2.05, 4.69) is 19.0 Å². The van der Waals surface area contributed by atoms with E-state index in [0.717, 1.165) is 36.8 Å². The lowest BCUT2D eigenvalue weighted by molar-refractivity contribution is -0.158. The normalized spacial score (nSPS) is 50.7. The van der Waals surface area contributed by atoms with Crippen LogP contribution in [0.1, 0.15) is 78.6 Å². The minimum atomic E-state index is -0.127. The van der Waals surface area contributed by atoms with Crippen molar-refractivity contribution in [1.82, 2.24) is 0 Å². The minimum absolute atomic E-state index is 0.127. The largest absolute Gasteiger partial charge is 0.463 e. The zero-order chi connectivity index (χ0) is 17.8. The number of nitrogens with zero attached hydrogens (tertiary/aromatic N) is 1. The van der Waals surface area contributed by atoms with Gasteiger partial charge < -0.3 is 9.94 Å². The van der Waals surface area contributed by atoms with Gasteiger partial charge in [0.05, 0.1) is 5.71 Å². The molecule has 0 aromatic rings. The zero-order valence-corrected chi connectivity index (χ0v) is 16.0. The van der Waals surface area contributed by atoms with Crippen LogP contribution >= 0.6 is 0 Å². The predicted octanol–water partition coefficient (Wildman–Crippen LogP) is 4.79. The van der Waals surface area contributed by atoms with Crippen molar-refractivity contribution in [3.63, 3.8) is 0 Å². The quantitative estimate of drug-likeness (QED) is 0.421. The Kier molecular flexibility index (Phi) is 4.16. The van der Waals surface area contributed by atoms with Crippen molar-refractivity contribution >= 4 is 11.7 Å². The summed E-state index contributed by atoms with van der Waals surface area (Å²) >= 11 is 0. The van der Waals surface area contributed by atoms with E-state index < -0.39 is 0 Å². The van der Waals surface area contributed by atoms with Crippen molar-refractivity contribution < 1.29 is 14.7 Å². The summed E-state index contributed by atoms with van der Waals surface area (Å²) in [6, 6.07) is 0. The molecule has 4 saturated carbocycles. The van der Waals surface area contributed by atoms with Gasteiger partial charge in [0.15, 0.2) is 0 Å². The van der Waals surface area contributed by atoms with Gasteiger partial charge in [-0.05, 0) is 86.9 Å². The number of carbonyl (C=O) groups is 1. The van der Waals surface area contributed by atoms with Gasteiger partial charge in [0.2, 0.25) is 0 Å². The SMILES string of the molecule is CC(=O)O[C@@H]1CC[C@@]2(C)[C@@H](CC[C@H]3[C@H]2CC[C@]2(C)/C(=N/O)CC[C@H]32)C1. The number of carbonyl (C=O) groups excluding carboxylic acids is 1. The Hall–Kier alpha value is -1.06. The second kappa shape index (κ2) is 5.99. The second-order valence-corrected chi connectivity index (χ2v) is 9.70. The van der Waals surface area contributed by atoms with Crippen molar-refractivity contribution in [2.45, 2.75) is 84.7 Å². The van der Waals surface area contributed by atoms with E-state index >= 15 is 0 Å². The van der Waals surface area contributed by atoms with Crippen LogP contribution in [0, 0.1) is 34.5 Å². The lowest BCUT2D eigenvalue weighted by Crippen LogP contribution is -2.54. The predicted molar refractivity (Wildman–Crippen MR) is 96.5 cm³/mol. The fourth-order valence-corrected chi connectivity index (χ4v) is 7.51. The van der Waals surface area contributed by atoms with Gasteiger partial charge in [-0.15, -0.1) is 0 Å². The van der Waals surface area contributed by atoms with Crippen LogP contribution in [0.3, 0.4) is 0 Å². The lowest BCUT2D eigenvalue weighted by Gasteiger charge is -2.60. The number of esters is 1. The fourth-order valence-electron chi connectivity index (χ4n) is 7.51. The van der Waals surface area contributed by atoms with Crippen LogP contribution in [-0.4, -0.2) is 23.0 Å². The van der Waals surface area contributed by atoms with Crippen LogP contribution < -0.4 is 0 Å². The average molecular weight is 347 g/mol. The summed E-state index contributed by atoms with van der Waals surface area (Å²) in [6.45, 7) is 6.41. The summed E-state index contributed by atoms with van der Waals surface area (Å²) in [5, 5.41) is 13.1. The summed E-state index contributed by atoms with van der Waals surface area (Å²) in [4.78, 5) is 11.3. The van der Waals surface area contributed by atoms with Crippen molar-refractivity contribution in [2.24, 2.45) is 39.7 Å². The Balaban J connectivity index is 1.55. The maximum absolute atomic E-state index is 11.3. The zero-order valence-electron chi connectivity index (χ0n) is 16.0. The minimum Gasteiger partial charge on any atom is -0.463 e. The Bertz CT molecular complexity index is 588. The molecule has 0 aromatic carbocycles. The molecule has 0 aromatic heterocycles. The number of fused-ring (bicyclic) bond motifs is 5. The highest BCUT2D eigenvalue weighted by Gasteiger charge is 2.59. The molecule has 0 saturated heterocycles. The molecule has 0 amide bonds. The van der Waals surface area contributed by atoms with Gasteiger partial charge in [-0.25, -0.2) is 0 Å². The third-order valence-corrected chi connectivity index (χ3v) is 8.81. The van der Waals surface area contributed by atoms with E-state index in [4.69, 9.17) is 4.74 Å². The number of hydrogen-bond donors (Lipinski definition) is 1. The Morgan fingerprint density at radius 1 is 1.12 bits per heavy atom. The molecule has 4 aliphatic rings. The molecule has 0 unspecified atom stereocenters. The van der Waals surface area contributed by atoms with Crippen LogP contribution in [0.2, 0.25) is 0 Å². The number of oxime groups is 1. The average Bonchev–Trinajstić information content (AvgIpc) is 2.91.